The Hall–Kier alpha value is -1.10. The second kappa shape index (κ2) is 5.04. The van der Waals surface area contributed by atoms with Crippen molar-refractivity contribution < 1.29 is 14.7 Å². The van der Waals surface area contributed by atoms with E-state index in [0.717, 1.165) is 0 Å². The van der Waals surface area contributed by atoms with Crippen LogP contribution >= 0.6 is 0 Å². The minimum Gasteiger partial charge on any atom is -0.394 e. The van der Waals surface area contributed by atoms with Crippen LogP contribution < -0.4 is 0 Å². The molecule has 5 heteroatoms. The summed E-state index contributed by atoms with van der Waals surface area (Å²) in [7, 11) is 0. The Bertz CT molecular complexity index is 309. The highest BCUT2D eigenvalue weighted by molar-refractivity contribution is 5.82. The lowest BCUT2D eigenvalue weighted by Gasteiger charge is -2.42. The molecule has 0 spiro atoms. The summed E-state index contributed by atoms with van der Waals surface area (Å²) in [5.74, 6) is 0.0195. The van der Waals surface area contributed by atoms with Gasteiger partial charge >= 0.3 is 0 Å². The topological polar surface area (TPSA) is 60.9 Å². The number of hydrogen-bond donors (Lipinski definition) is 1. The zero-order valence-corrected chi connectivity index (χ0v) is 11.1. The van der Waals surface area contributed by atoms with Gasteiger partial charge in [0.15, 0.2) is 0 Å². The van der Waals surface area contributed by atoms with Gasteiger partial charge in [-0.15, -0.1) is 0 Å². The standard InChI is InChI=1S/C12H22N2O3/c1-9(16)14-6-5-13(7-10(14)8-15)11(17)12(2,3)4/h10,15H,5-8H2,1-4H3/t10-/m1/s1. The third-order valence-electron chi connectivity index (χ3n) is 3.03. The van der Waals surface area contributed by atoms with Gasteiger partial charge in [0.1, 0.15) is 0 Å². The van der Waals surface area contributed by atoms with Crippen molar-refractivity contribution in [3.05, 3.63) is 0 Å². The molecule has 1 N–H and O–H groups in total. The summed E-state index contributed by atoms with van der Waals surface area (Å²) in [5, 5.41) is 9.28. The van der Waals surface area contributed by atoms with Crippen LogP contribution in [0.3, 0.4) is 0 Å². The Kier molecular flexibility index (Phi) is 4.14. The van der Waals surface area contributed by atoms with Gasteiger partial charge in [-0.3, -0.25) is 9.59 Å². The predicted molar refractivity (Wildman–Crippen MR) is 64.3 cm³/mol. The van der Waals surface area contributed by atoms with Crippen LogP contribution in [0.15, 0.2) is 0 Å². The predicted octanol–water partition coefficient (Wildman–Crippen LogP) is 0.0841. The summed E-state index contributed by atoms with van der Waals surface area (Å²) < 4.78 is 0. The van der Waals surface area contributed by atoms with Crippen LogP contribution in [0.4, 0.5) is 0 Å². The molecule has 0 bridgehead atoms. The highest BCUT2D eigenvalue weighted by atomic mass is 16.3. The maximum Gasteiger partial charge on any atom is 0.228 e. The molecule has 17 heavy (non-hydrogen) atoms. The van der Waals surface area contributed by atoms with E-state index >= 15 is 0 Å². The van der Waals surface area contributed by atoms with E-state index in [-0.39, 0.29) is 24.5 Å². The number of hydrogen-bond acceptors (Lipinski definition) is 3. The lowest BCUT2D eigenvalue weighted by molar-refractivity contribution is -0.148. The monoisotopic (exact) mass is 242 g/mol. The summed E-state index contributed by atoms with van der Waals surface area (Å²) in [6, 6.07) is -0.271. The maximum atomic E-state index is 12.1. The molecular weight excluding hydrogens is 220 g/mol. The number of nitrogens with zero attached hydrogens (tertiary/aromatic N) is 2. The first-order valence-corrected chi connectivity index (χ1v) is 5.95. The van der Waals surface area contributed by atoms with Crippen molar-refractivity contribution in [3.63, 3.8) is 0 Å². The quantitative estimate of drug-likeness (QED) is 0.708. The molecule has 2 amide bonds. The summed E-state index contributed by atoms with van der Waals surface area (Å²) in [6.07, 6.45) is 0. The maximum absolute atomic E-state index is 12.1. The van der Waals surface area contributed by atoms with Crippen molar-refractivity contribution in [2.24, 2.45) is 5.41 Å². The fraction of sp³-hybridized carbons (Fsp3) is 0.833. The van der Waals surface area contributed by atoms with Crippen molar-refractivity contribution in [1.29, 1.82) is 0 Å². The van der Waals surface area contributed by atoms with E-state index in [1.54, 1.807) is 9.80 Å². The van der Waals surface area contributed by atoms with Crippen molar-refractivity contribution in [2.45, 2.75) is 33.7 Å². The second-order valence-electron chi connectivity index (χ2n) is 5.55. The van der Waals surface area contributed by atoms with Gasteiger partial charge in [0, 0.05) is 32.0 Å². The Balaban J connectivity index is 2.72. The van der Waals surface area contributed by atoms with Crippen molar-refractivity contribution in [2.75, 3.05) is 26.2 Å². The fourth-order valence-corrected chi connectivity index (χ4v) is 2.08. The molecule has 5 nitrogen and oxygen atoms in total. The highest BCUT2D eigenvalue weighted by Crippen LogP contribution is 2.20. The van der Waals surface area contributed by atoms with E-state index in [2.05, 4.69) is 0 Å². The van der Waals surface area contributed by atoms with Crippen LogP contribution in [0.1, 0.15) is 27.7 Å². The molecule has 0 unspecified atom stereocenters. The van der Waals surface area contributed by atoms with E-state index in [0.29, 0.717) is 19.6 Å². The minimum atomic E-state index is -0.418. The van der Waals surface area contributed by atoms with Gasteiger partial charge < -0.3 is 14.9 Å². The highest BCUT2D eigenvalue weighted by Gasteiger charge is 2.34. The van der Waals surface area contributed by atoms with Gasteiger partial charge in [0.05, 0.1) is 12.6 Å². The summed E-state index contributed by atoms with van der Waals surface area (Å²) >= 11 is 0. The molecule has 1 aliphatic rings. The van der Waals surface area contributed by atoms with Crippen LogP contribution in [-0.2, 0) is 9.59 Å². The molecule has 0 aromatic carbocycles. The van der Waals surface area contributed by atoms with Gasteiger partial charge in [-0.05, 0) is 0 Å². The van der Waals surface area contributed by atoms with Crippen LogP contribution in [0.5, 0.6) is 0 Å². The van der Waals surface area contributed by atoms with E-state index in [9.17, 15) is 14.7 Å². The number of carbonyl (C=O) groups is 2. The lowest BCUT2D eigenvalue weighted by atomic mass is 9.94. The largest absolute Gasteiger partial charge is 0.394 e. The van der Waals surface area contributed by atoms with Crippen molar-refractivity contribution in [1.82, 2.24) is 9.80 Å². The Morgan fingerprint density at radius 3 is 2.29 bits per heavy atom. The average Bonchev–Trinajstić information content (AvgIpc) is 2.25. The number of aliphatic hydroxyl groups is 1. The lowest BCUT2D eigenvalue weighted by Crippen LogP contribution is -2.58. The summed E-state index contributed by atoms with van der Waals surface area (Å²) in [6.45, 7) is 8.49. The Morgan fingerprint density at radius 1 is 1.29 bits per heavy atom. The Morgan fingerprint density at radius 2 is 1.88 bits per heavy atom. The molecule has 1 rings (SSSR count). The number of aliphatic hydroxyl groups excluding tert-OH is 1. The summed E-state index contributed by atoms with van der Waals surface area (Å²) in [5.41, 5.74) is -0.418. The average molecular weight is 242 g/mol. The van der Waals surface area contributed by atoms with Crippen LogP contribution in [0, 0.1) is 5.41 Å². The zero-order chi connectivity index (χ0) is 13.2. The molecule has 98 valence electrons. The number of amides is 2. The molecule has 0 radical (unpaired) electrons. The molecule has 1 heterocycles. The number of rotatable bonds is 1. The molecule has 1 fully saturated rings. The molecule has 1 atom stereocenters. The second-order valence-corrected chi connectivity index (χ2v) is 5.55. The van der Waals surface area contributed by atoms with Crippen LogP contribution in [0.2, 0.25) is 0 Å². The van der Waals surface area contributed by atoms with Crippen LogP contribution in [-0.4, -0.2) is 59.0 Å². The SMILES string of the molecule is CC(=O)N1CCN(C(=O)C(C)(C)C)C[C@@H]1CO. The molecule has 0 aliphatic carbocycles. The van der Waals surface area contributed by atoms with Gasteiger partial charge in [0.2, 0.25) is 11.8 Å². The molecule has 0 saturated carbocycles. The number of carbonyl (C=O) groups excluding carboxylic acids is 2. The van der Waals surface area contributed by atoms with E-state index in [1.165, 1.54) is 6.92 Å². The third kappa shape index (κ3) is 3.19. The minimum absolute atomic E-state index is 0.0492. The number of piperazine rings is 1. The normalized spacial score (nSPS) is 21.6. The molecular formula is C12H22N2O3. The summed E-state index contributed by atoms with van der Waals surface area (Å²) in [4.78, 5) is 26.8. The molecule has 0 aromatic rings. The van der Waals surface area contributed by atoms with Crippen LogP contribution in [0.25, 0.3) is 0 Å². The molecule has 1 saturated heterocycles. The third-order valence-corrected chi connectivity index (χ3v) is 3.03. The van der Waals surface area contributed by atoms with E-state index in [1.807, 2.05) is 20.8 Å². The fourth-order valence-electron chi connectivity index (χ4n) is 2.08. The zero-order valence-electron chi connectivity index (χ0n) is 11.1. The van der Waals surface area contributed by atoms with Gasteiger partial charge in [-0.1, -0.05) is 20.8 Å². The van der Waals surface area contributed by atoms with E-state index in [4.69, 9.17) is 0 Å². The molecule has 0 aromatic heterocycles. The van der Waals surface area contributed by atoms with E-state index < -0.39 is 5.41 Å². The van der Waals surface area contributed by atoms with Gasteiger partial charge in [0.25, 0.3) is 0 Å². The van der Waals surface area contributed by atoms with Crippen molar-refractivity contribution >= 4 is 11.8 Å². The van der Waals surface area contributed by atoms with Crippen molar-refractivity contribution in [3.8, 4) is 0 Å². The smallest absolute Gasteiger partial charge is 0.228 e. The molecule has 1 aliphatic heterocycles. The first kappa shape index (κ1) is 14.0. The first-order chi connectivity index (χ1) is 7.77. The Labute approximate surface area is 102 Å². The first-order valence-electron chi connectivity index (χ1n) is 5.95. The van der Waals surface area contributed by atoms with Gasteiger partial charge in [-0.25, -0.2) is 0 Å². The van der Waals surface area contributed by atoms with Gasteiger partial charge in [-0.2, -0.15) is 0 Å².